The average molecular weight is 344 g/mol. The van der Waals surface area contributed by atoms with Crippen LogP contribution in [0.5, 0.6) is 0 Å². The number of nitrogens with zero attached hydrogens (tertiary/aromatic N) is 1. The molecular weight excluding hydrogens is 314 g/mol. The Bertz CT molecular complexity index is 568. The van der Waals surface area contributed by atoms with Crippen molar-refractivity contribution < 1.29 is 4.74 Å². The highest BCUT2D eigenvalue weighted by molar-refractivity contribution is 7.99. The summed E-state index contributed by atoms with van der Waals surface area (Å²) in [5.41, 5.74) is 2.43. The molecule has 0 fully saturated rings. The van der Waals surface area contributed by atoms with E-state index in [0.717, 1.165) is 13.2 Å². The molecule has 0 aromatic heterocycles. The minimum Gasteiger partial charge on any atom is -0.367 e. The van der Waals surface area contributed by atoms with Crippen molar-refractivity contribution in [1.29, 1.82) is 0 Å². The standard InChI is InChI=1S/C21H29NOS/c1-4-5-17-24-20-13-11-19(12-14-20)21(23-16-15-22(2)3)18-9-7-6-8-10-18/h6-14,21H,4-5,15-17H2,1-3H3. The molecule has 1 atom stereocenters. The summed E-state index contributed by atoms with van der Waals surface area (Å²) in [6.45, 7) is 3.88. The van der Waals surface area contributed by atoms with Gasteiger partial charge in [-0.15, -0.1) is 11.8 Å². The van der Waals surface area contributed by atoms with Gasteiger partial charge >= 0.3 is 0 Å². The lowest BCUT2D eigenvalue weighted by molar-refractivity contribution is 0.0687. The fraction of sp³-hybridized carbons (Fsp3) is 0.429. The van der Waals surface area contributed by atoms with Crippen molar-refractivity contribution in [2.75, 3.05) is 33.0 Å². The molecule has 24 heavy (non-hydrogen) atoms. The molecule has 0 amide bonds. The summed E-state index contributed by atoms with van der Waals surface area (Å²) in [4.78, 5) is 3.49. The molecule has 0 saturated heterocycles. The summed E-state index contributed by atoms with van der Waals surface area (Å²) < 4.78 is 6.21. The Morgan fingerprint density at radius 3 is 2.25 bits per heavy atom. The molecule has 2 aromatic carbocycles. The van der Waals surface area contributed by atoms with Crippen molar-refractivity contribution in [3.05, 3.63) is 65.7 Å². The normalized spacial score (nSPS) is 12.5. The highest BCUT2D eigenvalue weighted by Crippen LogP contribution is 2.28. The summed E-state index contributed by atoms with van der Waals surface area (Å²) in [7, 11) is 4.15. The molecule has 0 spiro atoms. The van der Waals surface area contributed by atoms with Gasteiger partial charge in [0.2, 0.25) is 0 Å². The zero-order valence-electron chi connectivity index (χ0n) is 15.1. The minimum absolute atomic E-state index is 0.000779. The molecule has 0 heterocycles. The van der Waals surface area contributed by atoms with E-state index in [1.54, 1.807) is 0 Å². The molecule has 1 unspecified atom stereocenters. The zero-order chi connectivity index (χ0) is 17.2. The second kappa shape index (κ2) is 10.5. The highest BCUT2D eigenvalue weighted by Gasteiger charge is 2.14. The maximum atomic E-state index is 6.21. The quantitative estimate of drug-likeness (QED) is 0.432. The summed E-state index contributed by atoms with van der Waals surface area (Å²) >= 11 is 1.94. The van der Waals surface area contributed by atoms with Crippen molar-refractivity contribution in [2.45, 2.75) is 30.8 Å². The number of hydrogen-bond donors (Lipinski definition) is 0. The van der Waals surface area contributed by atoms with Gasteiger partial charge in [0.1, 0.15) is 6.10 Å². The van der Waals surface area contributed by atoms with Gasteiger partial charge in [-0.1, -0.05) is 55.8 Å². The zero-order valence-corrected chi connectivity index (χ0v) is 15.9. The molecule has 130 valence electrons. The van der Waals surface area contributed by atoms with E-state index >= 15 is 0 Å². The van der Waals surface area contributed by atoms with Crippen LogP contribution in [0.2, 0.25) is 0 Å². The van der Waals surface area contributed by atoms with Crippen LogP contribution in [0.15, 0.2) is 59.5 Å². The van der Waals surface area contributed by atoms with E-state index in [1.807, 2.05) is 17.8 Å². The van der Waals surface area contributed by atoms with E-state index in [2.05, 4.69) is 74.4 Å². The highest BCUT2D eigenvalue weighted by atomic mass is 32.2. The molecule has 0 aliphatic rings. The first-order chi connectivity index (χ1) is 11.7. The topological polar surface area (TPSA) is 12.5 Å². The maximum absolute atomic E-state index is 6.21. The molecule has 2 nitrogen and oxygen atoms in total. The molecule has 0 radical (unpaired) electrons. The van der Waals surface area contributed by atoms with Crippen molar-refractivity contribution in [2.24, 2.45) is 0 Å². The van der Waals surface area contributed by atoms with Gasteiger partial charge < -0.3 is 9.64 Å². The number of benzene rings is 2. The van der Waals surface area contributed by atoms with Crippen LogP contribution in [-0.4, -0.2) is 37.9 Å². The third kappa shape index (κ3) is 6.31. The van der Waals surface area contributed by atoms with E-state index in [1.165, 1.54) is 34.6 Å². The maximum Gasteiger partial charge on any atom is 0.108 e. The van der Waals surface area contributed by atoms with Gasteiger partial charge in [-0.3, -0.25) is 0 Å². The molecule has 0 N–H and O–H groups in total. The van der Waals surface area contributed by atoms with Crippen molar-refractivity contribution in [1.82, 2.24) is 4.90 Å². The molecule has 0 saturated carbocycles. The molecule has 0 bridgehead atoms. The van der Waals surface area contributed by atoms with Gasteiger partial charge in [0, 0.05) is 11.4 Å². The lowest BCUT2D eigenvalue weighted by Gasteiger charge is -2.20. The Hall–Kier alpha value is -1.29. The van der Waals surface area contributed by atoms with E-state index in [9.17, 15) is 0 Å². The van der Waals surface area contributed by atoms with E-state index in [-0.39, 0.29) is 6.10 Å². The van der Waals surface area contributed by atoms with E-state index in [4.69, 9.17) is 4.74 Å². The molecule has 2 rings (SSSR count). The summed E-state index contributed by atoms with van der Waals surface area (Å²) in [6, 6.07) is 19.4. The fourth-order valence-electron chi connectivity index (χ4n) is 2.44. The predicted molar refractivity (Wildman–Crippen MR) is 105 cm³/mol. The van der Waals surface area contributed by atoms with Crippen LogP contribution in [0.4, 0.5) is 0 Å². The Labute approximate surface area is 151 Å². The fourth-order valence-corrected chi connectivity index (χ4v) is 3.44. The second-order valence-corrected chi connectivity index (χ2v) is 7.40. The molecule has 2 aromatic rings. The van der Waals surface area contributed by atoms with Crippen LogP contribution >= 0.6 is 11.8 Å². The summed E-state index contributed by atoms with van der Waals surface area (Å²) in [5, 5.41) is 0. The average Bonchev–Trinajstić information content (AvgIpc) is 2.60. The monoisotopic (exact) mass is 343 g/mol. The van der Waals surface area contributed by atoms with Gasteiger partial charge in [0.25, 0.3) is 0 Å². The van der Waals surface area contributed by atoms with Crippen LogP contribution in [-0.2, 0) is 4.74 Å². The van der Waals surface area contributed by atoms with Gasteiger partial charge in [-0.05, 0) is 49.5 Å². The van der Waals surface area contributed by atoms with Crippen LogP contribution in [0.25, 0.3) is 0 Å². The van der Waals surface area contributed by atoms with Crippen LogP contribution in [0, 0.1) is 0 Å². The largest absolute Gasteiger partial charge is 0.367 e. The number of hydrogen-bond acceptors (Lipinski definition) is 3. The molecule has 0 aliphatic carbocycles. The van der Waals surface area contributed by atoms with Crippen LogP contribution < -0.4 is 0 Å². The third-order valence-electron chi connectivity index (χ3n) is 3.87. The van der Waals surface area contributed by atoms with Crippen LogP contribution in [0.1, 0.15) is 37.0 Å². The number of ether oxygens (including phenoxy) is 1. The lowest BCUT2D eigenvalue weighted by atomic mass is 10.0. The minimum atomic E-state index is 0.000779. The molecule has 0 aliphatic heterocycles. The Morgan fingerprint density at radius 2 is 1.62 bits per heavy atom. The third-order valence-corrected chi connectivity index (χ3v) is 4.97. The van der Waals surface area contributed by atoms with Crippen molar-refractivity contribution in [3.63, 3.8) is 0 Å². The molecular formula is C21H29NOS. The smallest absolute Gasteiger partial charge is 0.108 e. The van der Waals surface area contributed by atoms with Crippen molar-refractivity contribution >= 4 is 11.8 Å². The predicted octanol–water partition coefficient (Wildman–Crippen LogP) is 5.25. The van der Waals surface area contributed by atoms with Gasteiger partial charge in [0.05, 0.1) is 6.61 Å². The first-order valence-corrected chi connectivity index (χ1v) is 9.73. The Balaban J connectivity index is 2.08. The van der Waals surface area contributed by atoms with Gasteiger partial charge in [0.15, 0.2) is 0 Å². The number of thioether (sulfide) groups is 1. The number of rotatable bonds is 10. The van der Waals surface area contributed by atoms with Crippen molar-refractivity contribution in [3.8, 4) is 0 Å². The first kappa shape index (κ1) is 19.0. The SMILES string of the molecule is CCCCSc1ccc(C(OCCN(C)C)c2ccccc2)cc1. The van der Waals surface area contributed by atoms with Gasteiger partial charge in [-0.2, -0.15) is 0 Å². The lowest BCUT2D eigenvalue weighted by Crippen LogP contribution is -2.20. The van der Waals surface area contributed by atoms with E-state index in [0.29, 0.717) is 0 Å². The Kier molecular flexibility index (Phi) is 8.37. The number of unbranched alkanes of at least 4 members (excludes halogenated alkanes) is 1. The first-order valence-electron chi connectivity index (χ1n) is 8.74. The molecule has 3 heteroatoms. The summed E-state index contributed by atoms with van der Waals surface area (Å²) in [5.74, 6) is 1.19. The second-order valence-electron chi connectivity index (χ2n) is 6.24. The Morgan fingerprint density at radius 1 is 0.958 bits per heavy atom. The van der Waals surface area contributed by atoms with Crippen LogP contribution in [0.3, 0.4) is 0 Å². The summed E-state index contributed by atoms with van der Waals surface area (Å²) in [6.07, 6.45) is 2.52. The van der Waals surface area contributed by atoms with E-state index < -0.39 is 0 Å². The van der Waals surface area contributed by atoms with Gasteiger partial charge in [-0.25, -0.2) is 0 Å². The number of likely N-dealkylation sites (N-methyl/N-ethyl adjacent to an activating group) is 1.